The third-order valence-electron chi connectivity index (χ3n) is 13.6. The molecule has 1 aliphatic heterocycles. The lowest BCUT2D eigenvalue weighted by Gasteiger charge is -2.24. The largest absolute Gasteiger partial charge is 0.355 e. The molecular weight excluding hydrogens is 764 g/mol. The molecule has 0 saturated heterocycles. The first kappa shape index (κ1) is 34.7. The summed E-state index contributed by atoms with van der Waals surface area (Å²) < 4.78 is 7.86. The maximum Gasteiger partial charge on any atom is 0.197 e. The molecule has 60 heavy (non-hydrogen) atoms. The SMILES string of the molecule is CC(C)(C)c1ccc(Nc2cc3sc4ccccc4c3cc2-c2ccc3c4c5c(ccc4n4c3c2[B]c2cc3c(cc2-4)sc2ccccc23)C(C)(C)c2ccccc2-5)cc1. The molecule has 13 rings (SSSR count). The fourth-order valence-electron chi connectivity index (χ4n) is 10.6. The van der Waals surface area contributed by atoms with Crippen LogP contribution in [0.25, 0.3) is 90.1 Å². The van der Waals surface area contributed by atoms with Gasteiger partial charge in [0.1, 0.15) is 0 Å². The molecule has 3 aromatic heterocycles. The number of rotatable bonds is 3. The molecule has 0 fully saturated rings. The standard InChI is InChI=1S/C55H40BN2S2/c1-54(2,3)30-18-20-31(21-19-30)57-43-28-48-38(32-12-7-10-16-46(32)59-48)26-37(43)34-22-23-36-51-44(25-24-41-50(51)35-14-6-9-15-40(35)55(41,4)5)58-45-29-49-39(27-42(45)56-52(34)53(36)58)33-13-8-11-17-47(33)60-49/h6-29,57H,1-5H3. The van der Waals surface area contributed by atoms with Crippen LogP contribution in [0.5, 0.6) is 0 Å². The topological polar surface area (TPSA) is 17.0 Å². The van der Waals surface area contributed by atoms with Gasteiger partial charge in [-0.3, -0.25) is 0 Å². The Kier molecular flexibility index (Phi) is 6.94. The lowest BCUT2D eigenvalue weighted by Crippen LogP contribution is -2.37. The number of hydrogen-bond donors (Lipinski definition) is 1. The van der Waals surface area contributed by atoms with E-state index in [2.05, 4.69) is 197 Å². The van der Waals surface area contributed by atoms with Crippen LogP contribution in [0.1, 0.15) is 51.3 Å². The first-order valence-corrected chi connectivity index (χ1v) is 22.6. The van der Waals surface area contributed by atoms with Crippen LogP contribution in [0.3, 0.4) is 0 Å². The molecule has 1 aliphatic carbocycles. The maximum atomic E-state index is 3.95. The van der Waals surface area contributed by atoms with Crippen molar-refractivity contribution in [3.8, 4) is 27.9 Å². The summed E-state index contributed by atoms with van der Waals surface area (Å²) in [5, 5.41) is 11.9. The minimum Gasteiger partial charge on any atom is -0.355 e. The van der Waals surface area contributed by atoms with E-state index in [1.165, 1.54) is 118 Å². The number of fused-ring (bicyclic) bond motifs is 15. The molecule has 1 N–H and O–H groups in total. The summed E-state index contributed by atoms with van der Waals surface area (Å²) in [7, 11) is 2.49. The highest BCUT2D eigenvalue weighted by molar-refractivity contribution is 7.26. The Balaban J connectivity index is 1.13. The smallest absolute Gasteiger partial charge is 0.197 e. The highest BCUT2D eigenvalue weighted by Gasteiger charge is 2.38. The average Bonchev–Trinajstić information content (AvgIpc) is 3.97. The van der Waals surface area contributed by atoms with Crippen LogP contribution >= 0.6 is 22.7 Å². The number of aromatic nitrogens is 1. The van der Waals surface area contributed by atoms with E-state index in [1.807, 2.05) is 22.7 Å². The molecule has 2 nitrogen and oxygen atoms in total. The van der Waals surface area contributed by atoms with Crippen molar-refractivity contribution in [3.63, 3.8) is 0 Å². The Hall–Kier alpha value is -6.14. The molecule has 0 unspecified atom stereocenters. The number of hydrogen-bond acceptors (Lipinski definition) is 3. The summed E-state index contributed by atoms with van der Waals surface area (Å²) in [6.45, 7) is 11.6. The van der Waals surface area contributed by atoms with E-state index >= 15 is 0 Å². The molecule has 2 aliphatic rings. The van der Waals surface area contributed by atoms with Crippen LogP contribution in [-0.4, -0.2) is 11.8 Å². The third-order valence-corrected chi connectivity index (χ3v) is 15.8. The van der Waals surface area contributed by atoms with E-state index in [4.69, 9.17) is 0 Å². The zero-order valence-corrected chi connectivity index (χ0v) is 35.8. The van der Waals surface area contributed by atoms with Gasteiger partial charge >= 0.3 is 0 Å². The summed E-state index contributed by atoms with van der Waals surface area (Å²) in [6.07, 6.45) is 0. The lowest BCUT2D eigenvalue weighted by molar-refractivity contribution is 0.590. The Bertz CT molecular complexity index is 3670. The van der Waals surface area contributed by atoms with Gasteiger partial charge in [-0.2, -0.15) is 0 Å². The van der Waals surface area contributed by atoms with Crippen molar-refractivity contribution in [2.24, 2.45) is 0 Å². The number of nitrogens with zero attached hydrogens (tertiary/aromatic N) is 1. The monoisotopic (exact) mass is 803 g/mol. The number of benzene rings is 8. The molecule has 4 heterocycles. The number of anilines is 2. The highest BCUT2D eigenvalue weighted by atomic mass is 32.1. The van der Waals surface area contributed by atoms with Gasteiger partial charge in [-0.25, -0.2) is 0 Å². The quantitative estimate of drug-likeness (QED) is 0.176. The average molecular weight is 804 g/mol. The Morgan fingerprint density at radius 2 is 1.25 bits per heavy atom. The van der Waals surface area contributed by atoms with Gasteiger partial charge in [-0.15, -0.1) is 22.7 Å². The van der Waals surface area contributed by atoms with Crippen molar-refractivity contribution in [1.82, 2.24) is 4.57 Å². The van der Waals surface area contributed by atoms with Crippen LogP contribution in [0.15, 0.2) is 146 Å². The van der Waals surface area contributed by atoms with E-state index in [-0.39, 0.29) is 10.8 Å². The summed E-state index contributed by atoms with van der Waals surface area (Å²) in [5.74, 6) is 0. The Morgan fingerprint density at radius 3 is 2.00 bits per heavy atom. The highest BCUT2D eigenvalue weighted by Crippen LogP contribution is 2.54. The normalized spacial score (nSPS) is 14.0. The van der Waals surface area contributed by atoms with Crippen LogP contribution in [0.4, 0.5) is 11.4 Å². The second-order valence-corrected chi connectivity index (χ2v) is 20.6. The number of nitrogens with one attached hydrogen (secondary N) is 1. The molecule has 0 atom stereocenters. The Morgan fingerprint density at radius 1 is 0.567 bits per heavy atom. The summed E-state index contributed by atoms with van der Waals surface area (Å²) in [5.41, 5.74) is 17.8. The van der Waals surface area contributed by atoms with Gasteiger partial charge in [0, 0.05) is 79.3 Å². The van der Waals surface area contributed by atoms with Crippen molar-refractivity contribution in [3.05, 3.63) is 162 Å². The fraction of sp³-hybridized carbons (Fsp3) is 0.127. The van der Waals surface area contributed by atoms with Crippen molar-refractivity contribution in [2.75, 3.05) is 5.32 Å². The predicted octanol–water partition coefficient (Wildman–Crippen LogP) is 14.5. The molecule has 11 aromatic rings. The molecule has 8 aromatic carbocycles. The molecular formula is C55H40BN2S2. The molecule has 5 heteroatoms. The minimum atomic E-state index is -0.0882. The van der Waals surface area contributed by atoms with Gasteiger partial charge in [0.05, 0.1) is 5.52 Å². The third kappa shape index (κ3) is 4.71. The van der Waals surface area contributed by atoms with Gasteiger partial charge in [0.2, 0.25) is 0 Å². The van der Waals surface area contributed by atoms with Crippen LogP contribution in [0.2, 0.25) is 0 Å². The zero-order valence-electron chi connectivity index (χ0n) is 34.2. The predicted molar refractivity (Wildman–Crippen MR) is 263 cm³/mol. The molecule has 1 radical (unpaired) electrons. The van der Waals surface area contributed by atoms with Crippen molar-refractivity contribution in [1.29, 1.82) is 0 Å². The van der Waals surface area contributed by atoms with Crippen molar-refractivity contribution in [2.45, 2.75) is 45.4 Å². The molecule has 285 valence electrons. The maximum absolute atomic E-state index is 3.95. The first-order chi connectivity index (χ1) is 29.1. The molecule has 0 spiro atoms. The molecule has 0 amide bonds. The van der Waals surface area contributed by atoms with Gasteiger partial charge < -0.3 is 9.88 Å². The van der Waals surface area contributed by atoms with E-state index in [9.17, 15) is 0 Å². The first-order valence-electron chi connectivity index (χ1n) is 21.0. The summed E-state index contributed by atoms with van der Waals surface area (Å²) >= 11 is 3.77. The summed E-state index contributed by atoms with van der Waals surface area (Å²) in [6, 6.07) is 55.3. The van der Waals surface area contributed by atoms with E-state index in [0.29, 0.717) is 0 Å². The second-order valence-electron chi connectivity index (χ2n) is 18.4. The van der Waals surface area contributed by atoms with Gasteiger partial charge in [-0.05, 0) is 98.2 Å². The van der Waals surface area contributed by atoms with Crippen molar-refractivity contribution < 1.29 is 0 Å². The lowest BCUT2D eigenvalue weighted by atomic mass is 9.59. The summed E-state index contributed by atoms with van der Waals surface area (Å²) in [4.78, 5) is 0. The second kappa shape index (κ2) is 12.0. The number of thiophene rings is 2. The molecule has 0 bridgehead atoms. The van der Waals surface area contributed by atoms with Crippen molar-refractivity contribution >= 4 is 114 Å². The van der Waals surface area contributed by atoms with Gasteiger partial charge in [-0.1, -0.05) is 137 Å². The molecule has 0 saturated carbocycles. The van der Waals surface area contributed by atoms with E-state index < -0.39 is 0 Å². The van der Waals surface area contributed by atoms with Crippen LogP contribution < -0.4 is 16.2 Å². The van der Waals surface area contributed by atoms with Gasteiger partial charge in [0.25, 0.3) is 0 Å². The van der Waals surface area contributed by atoms with E-state index in [0.717, 1.165) is 11.4 Å². The van der Waals surface area contributed by atoms with E-state index in [1.54, 1.807) is 0 Å². The van der Waals surface area contributed by atoms with Crippen LogP contribution in [-0.2, 0) is 10.8 Å². The minimum absolute atomic E-state index is 0.0845. The van der Waals surface area contributed by atoms with Crippen LogP contribution in [0, 0.1) is 0 Å². The zero-order chi connectivity index (χ0) is 40.2. The van der Waals surface area contributed by atoms with Gasteiger partial charge in [0.15, 0.2) is 7.28 Å². The fourth-order valence-corrected chi connectivity index (χ4v) is 12.8. The Labute approximate surface area is 358 Å².